The molecule has 6 heteroatoms. The highest BCUT2D eigenvalue weighted by molar-refractivity contribution is 7.92. The molecular formula is C11H19NO4S. The van der Waals surface area contributed by atoms with Gasteiger partial charge in [0.2, 0.25) is 10.0 Å². The molecule has 1 fully saturated rings. The Labute approximate surface area is 102 Å². The number of hydrogen-bond donors (Lipinski definition) is 0. The number of rotatable bonds is 3. The maximum atomic E-state index is 11.9. The van der Waals surface area contributed by atoms with Crippen LogP contribution in [0.3, 0.4) is 0 Å². The topological polar surface area (TPSA) is 63.7 Å². The summed E-state index contributed by atoms with van der Waals surface area (Å²) in [4.78, 5) is 11.9. The Balaban J connectivity index is 2.84. The van der Waals surface area contributed by atoms with Crippen molar-refractivity contribution >= 4 is 16.0 Å². The zero-order valence-electron chi connectivity index (χ0n) is 10.5. The molecule has 1 heterocycles. The maximum Gasteiger partial charge on any atom is 0.324 e. The number of carbonyl (C=O) groups is 1. The third-order valence-corrected chi connectivity index (χ3v) is 3.93. The summed E-state index contributed by atoms with van der Waals surface area (Å²) in [6.45, 7) is 8.88. The van der Waals surface area contributed by atoms with Gasteiger partial charge in [0.15, 0.2) is 0 Å². The van der Waals surface area contributed by atoms with Crippen molar-refractivity contribution in [3.63, 3.8) is 0 Å². The summed E-state index contributed by atoms with van der Waals surface area (Å²) in [6, 6.07) is -0.711. The van der Waals surface area contributed by atoms with E-state index < -0.39 is 27.6 Å². The molecule has 0 N–H and O–H groups in total. The van der Waals surface area contributed by atoms with Crippen molar-refractivity contribution in [1.82, 2.24) is 4.31 Å². The molecule has 1 unspecified atom stereocenters. The van der Waals surface area contributed by atoms with E-state index in [1.54, 1.807) is 20.8 Å². The average Bonchev–Trinajstić information content (AvgIpc) is 2.63. The minimum atomic E-state index is -3.55. The Hall–Kier alpha value is -0.880. The fourth-order valence-electron chi connectivity index (χ4n) is 1.75. The van der Waals surface area contributed by atoms with Crippen molar-refractivity contribution in [2.75, 3.05) is 6.54 Å². The second-order valence-corrected chi connectivity index (χ2v) is 6.85. The van der Waals surface area contributed by atoms with E-state index in [9.17, 15) is 13.2 Å². The zero-order chi connectivity index (χ0) is 13.3. The minimum absolute atomic E-state index is 0.345. The highest BCUT2D eigenvalue weighted by Crippen LogP contribution is 2.24. The quantitative estimate of drug-likeness (QED) is 0.718. The van der Waals surface area contributed by atoms with Crippen LogP contribution in [0.15, 0.2) is 12.0 Å². The summed E-state index contributed by atoms with van der Waals surface area (Å²) < 4.78 is 29.7. The van der Waals surface area contributed by atoms with Gasteiger partial charge in [0.25, 0.3) is 0 Å². The molecule has 17 heavy (non-hydrogen) atoms. The van der Waals surface area contributed by atoms with E-state index >= 15 is 0 Å². The molecule has 0 aromatic heterocycles. The van der Waals surface area contributed by atoms with Crippen molar-refractivity contribution in [2.24, 2.45) is 0 Å². The second kappa shape index (κ2) is 4.78. The van der Waals surface area contributed by atoms with Gasteiger partial charge in [0.05, 0.1) is 0 Å². The largest absolute Gasteiger partial charge is 0.459 e. The van der Waals surface area contributed by atoms with Gasteiger partial charge >= 0.3 is 5.97 Å². The summed E-state index contributed by atoms with van der Waals surface area (Å²) in [5, 5.41) is 0.871. The first-order valence-electron chi connectivity index (χ1n) is 5.54. The lowest BCUT2D eigenvalue weighted by Crippen LogP contribution is -2.42. The molecule has 0 amide bonds. The summed E-state index contributed by atoms with van der Waals surface area (Å²) in [7, 11) is -3.55. The Morgan fingerprint density at radius 2 is 2.06 bits per heavy atom. The van der Waals surface area contributed by atoms with Crippen molar-refractivity contribution < 1.29 is 17.9 Å². The molecule has 0 spiro atoms. The van der Waals surface area contributed by atoms with Crippen molar-refractivity contribution in [3.8, 4) is 0 Å². The average molecular weight is 261 g/mol. The highest BCUT2D eigenvalue weighted by atomic mass is 32.2. The summed E-state index contributed by atoms with van der Waals surface area (Å²) in [5.41, 5.74) is -0.608. The number of nitrogens with zero attached hydrogens (tertiary/aromatic N) is 1. The summed E-state index contributed by atoms with van der Waals surface area (Å²) in [5.74, 6) is -0.486. The van der Waals surface area contributed by atoms with Gasteiger partial charge in [0, 0.05) is 12.0 Å². The third-order valence-electron chi connectivity index (χ3n) is 2.42. The van der Waals surface area contributed by atoms with E-state index in [4.69, 9.17) is 4.74 Å². The van der Waals surface area contributed by atoms with E-state index in [1.165, 1.54) is 0 Å². The van der Waals surface area contributed by atoms with E-state index in [-0.39, 0.29) is 0 Å². The van der Waals surface area contributed by atoms with Crippen LogP contribution in [0.25, 0.3) is 0 Å². The van der Waals surface area contributed by atoms with Gasteiger partial charge in [-0.15, -0.1) is 0 Å². The molecule has 1 aliphatic rings. The van der Waals surface area contributed by atoms with Crippen LogP contribution in [0.4, 0.5) is 0 Å². The number of ether oxygens (including phenoxy) is 1. The first-order valence-corrected chi connectivity index (χ1v) is 7.05. The van der Waals surface area contributed by atoms with Gasteiger partial charge in [0.1, 0.15) is 11.6 Å². The number of carbonyl (C=O) groups excluding carboxylic acids is 1. The molecule has 1 saturated heterocycles. The van der Waals surface area contributed by atoms with E-state index in [1.807, 2.05) is 0 Å². The monoisotopic (exact) mass is 261 g/mol. The molecule has 0 aromatic carbocycles. The Bertz CT molecular complexity index is 408. The molecule has 0 aromatic rings. The lowest BCUT2D eigenvalue weighted by molar-refractivity contribution is -0.158. The Morgan fingerprint density at radius 3 is 2.53 bits per heavy atom. The van der Waals surface area contributed by atoms with Crippen LogP contribution in [0, 0.1) is 0 Å². The van der Waals surface area contributed by atoms with Crippen LogP contribution in [0.2, 0.25) is 0 Å². The van der Waals surface area contributed by atoms with Crippen LogP contribution in [-0.2, 0) is 19.6 Å². The molecule has 1 rings (SSSR count). The molecule has 5 nitrogen and oxygen atoms in total. The third kappa shape index (κ3) is 3.54. The molecule has 1 aliphatic heterocycles. The molecular weight excluding hydrogens is 242 g/mol. The fraction of sp³-hybridized carbons (Fsp3) is 0.727. The first kappa shape index (κ1) is 14.2. The summed E-state index contributed by atoms with van der Waals surface area (Å²) in [6.07, 6.45) is 1.17. The molecule has 0 radical (unpaired) electrons. The molecule has 98 valence electrons. The van der Waals surface area contributed by atoms with Crippen LogP contribution in [0.5, 0.6) is 0 Å². The van der Waals surface area contributed by atoms with Crippen molar-refractivity contribution in [3.05, 3.63) is 12.0 Å². The Morgan fingerprint density at radius 1 is 1.47 bits per heavy atom. The molecule has 0 bridgehead atoms. The number of sulfonamides is 1. The molecule has 1 atom stereocenters. The second-order valence-electron chi connectivity index (χ2n) is 5.01. The van der Waals surface area contributed by atoms with Crippen LogP contribution < -0.4 is 0 Å². The minimum Gasteiger partial charge on any atom is -0.459 e. The van der Waals surface area contributed by atoms with Crippen LogP contribution in [0.1, 0.15) is 33.6 Å². The smallest absolute Gasteiger partial charge is 0.324 e. The molecule has 0 saturated carbocycles. The van der Waals surface area contributed by atoms with Gasteiger partial charge in [-0.3, -0.25) is 4.79 Å². The van der Waals surface area contributed by atoms with Crippen molar-refractivity contribution in [1.29, 1.82) is 0 Å². The van der Waals surface area contributed by atoms with Gasteiger partial charge in [-0.2, -0.15) is 4.31 Å². The van der Waals surface area contributed by atoms with Gasteiger partial charge in [-0.1, -0.05) is 6.58 Å². The standard InChI is InChI=1S/C11H19NO4S/c1-5-17(14,15)12-8-6-7-9(12)10(13)16-11(2,3)4/h5,9H,1,6-8H2,2-4H3. The summed E-state index contributed by atoms with van der Waals surface area (Å²) >= 11 is 0. The van der Waals surface area contributed by atoms with E-state index in [2.05, 4.69) is 6.58 Å². The predicted octanol–water partition coefficient (Wildman–Crippen LogP) is 1.27. The van der Waals surface area contributed by atoms with E-state index in [0.717, 1.165) is 9.71 Å². The normalized spacial score (nSPS) is 22.4. The Kier molecular flexibility index (Phi) is 3.99. The fourth-order valence-corrected chi connectivity index (χ4v) is 2.87. The van der Waals surface area contributed by atoms with Gasteiger partial charge in [-0.05, 0) is 33.6 Å². The zero-order valence-corrected chi connectivity index (χ0v) is 11.3. The lowest BCUT2D eigenvalue weighted by Gasteiger charge is -2.26. The number of esters is 1. The van der Waals surface area contributed by atoms with Gasteiger partial charge in [-0.25, -0.2) is 8.42 Å². The van der Waals surface area contributed by atoms with Crippen LogP contribution in [-0.4, -0.2) is 36.9 Å². The maximum absolute atomic E-state index is 11.9. The number of hydrogen-bond acceptors (Lipinski definition) is 4. The highest BCUT2D eigenvalue weighted by Gasteiger charge is 2.39. The lowest BCUT2D eigenvalue weighted by atomic mass is 10.2. The van der Waals surface area contributed by atoms with Gasteiger partial charge < -0.3 is 4.74 Å². The SMILES string of the molecule is C=CS(=O)(=O)N1CCCC1C(=O)OC(C)(C)C. The van der Waals surface area contributed by atoms with E-state index in [0.29, 0.717) is 19.4 Å². The molecule has 0 aliphatic carbocycles. The van der Waals surface area contributed by atoms with Crippen LogP contribution >= 0.6 is 0 Å². The predicted molar refractivity (Wildman–Crippen MR) is 64.7 cm³/mol. The van der Waals surface area contributed by atoms with Crippen molar-refractivity contribution in [2.45, 2.75) is 45.3 Å². The first-order chi connectivity index (χ1) is 7.67.